The third kappa shape index (κ3) is 3.98. The molecule has 7 nitrogen and oxygen atoms in total. The van der Waals surface area contributed by atoms with Gasteiger partial charge in [-0.25, -0.2) is 0 Å². The molecule has 0 spiro atoms. The number of aryl methyl sites for hydroxylation is 1. The van der Waals surface area contributed by atoms with Gasteiger partial charge in [0.25, 0.3) is 5.91 Å². The van der Waals surface area contributed by atoms with Crippen molar-refractivity contribution in [3.8, 4) is 0 Å². The van der Waals surface area contributed by atoms with Crippen LogP contribution in [0.4, 0.5) is 0 Å². The minimum Gasteiger partial charge on any atom is -0.364 e. The van der Waals surface area contributed by atoms with Crippen LogP contribution in [0.1, 0.15) is 47.2 Å². The molecule has 3 heterocycles. The van der Waals surface area contributed by atoms with Crippen molar-refractivity contribution in [2.75, 3.05) is 31.6 Å². The normalized spacial score (nSPS) is 19.8. The summed E-state index contributed by atoms with van der Waals surface area (Å²) in [6.07, 6.45) is 5.56. The van der Waals surface area contributed by atoms with Crippen molar-refractivity contribution < 1.29 is 9.32 Å². The van der Waals surface area contributed by atoms with Crippen LogP contribution in [-0.2, 0) is 25.9 Å². The Kier molecular flexibility index (Phi) is 6.06. The van der Waals surface area contributed by atoms with Crippen molar-refractivity contribution in [3.63, 3.8) is 0 Å². The largest absolute Gasteiger partial charge is 0.364 e. The van der Waals surface area contributed by atoms with Crippen molar-refractivity contribution in [2.45, 2.75) is 51.7 Å². The van der Waals surface area contributed by atoms with Gasteiger partial charge >= 0.3 is 0 Å². The fourth-order valence-electron chi connectivity index (χ4n) is 4.23. The second-order valence-corrected chi connectivity index (χ2v) is 8.93. The highest BCUT2D eigenvalue weighted by Gasteiger charge is 2.32. The van der Waals surface area contributed by atoms with Crippen LogP contribution in [0.3, 0.4) is 0 Å². The fourth-order valence-corrected chi connectivity index (χ4v) is 5.14. The van der Waals surface area contributed by atoms with E-state index in [1.165, 1.54) is 11.3 Å². The van der Waals surface area contributed by atoms with E-state index < -0.39 is 0 Å². The number of likely N-dealkylation sites (N-methyl/N-ethyl adjacent to an activating group) is 1. The summed E-state index contributed by atoms with van der Waals surface area (Å²) in [4.78, 5) is 17.5. The van der Waals surface area contributed by atoms with Gasteiger partial charge in [-0.1, -0.05) is 12.1 Å². The highest BCUT2D eigenvalue weighted by Crippen LogP contribution is 2.29. The standard InChI is InChI=1S/C20H29N5O2S/c1-3-7-25-18-5-4-16(23(2)14-15-6-10-27-22-15)13-17(18)19(21-25)20(26)24-8-11-28-12-9-24/h6,10,16H,3-5,7-9,11-14H2,1-2H3. The van der Waals surface area contributed by atoms with Crippen molar-refractivity contribution in [1.29, 1.82) is 0 Å². The van der Waals surface area contributed by atoms with Gasteiger partial charge in [-0.15, -0.1) is 0 Å². The van der Waals surface area contributed by atoms with Gasteiger partial charge in [0.1, 0.15) is 6.26 Å². The predicted molar refractivity (Wildman–Crippen MR) is 110 cm³/mol. The average Bonchev–Trinajstić information content (AvgIpc) is 3.36. The Hall–Kier alpha value is -1.80. The Balaban J connectivity index is 1.56. The van der Waals surface area contributed by atoms with Crippen LogP contribution in [0.15, 0.2) is 16.9 Å². The first-order valence-corrected chi connectivity index (χ1v) is 11.4. The van der Waals surface area contributed by atoms with E-state index in [1.54, 1.807) is 6.26 Å². The molecule has 28 heavy (non-hydrogen) atoms. The number of hydrogen-bond acceptors (Lipinski definition) is 6. The number of carbonyl (C=O) groups is 1. The summed E-state index contributed by atoms with van der Waals surface area (Å²) in [6.45, 7) is 5.45. The van der Waals surface area contributed by atoms with Crippen molar-refractivity contribution >= 4 is 17.7 Å². The number of carbonyl (C=O) groups excluding carboxylic acids is 1. The Labute approximate surface area is 170 Å². The van der Waals surface area contributed by atoms with Crippen LogP contribution < -0.4 is 0 Å². The predicted octanol–water partition coefficient (Wildman–Crippen LogP) is 2.46. The molecule has 4 rings (SSSR count). The topological polar surface area (TPSA) is 67.4 Å². The van der Waals surface area contributed by atoms with Gasteiger partial charge in [0.15, 0.2) is 5.69 Å². The summed E-state index contributed by atoms with van der Waals surface area (Å²) in [5.41, 5.74) is 4.06. The lowest BCUT2D eigenvalue weighted by atomic mass is 9.90. The zero-order valence-corrected chi connectivity index (χ0v) is 17.6. The number of nitrogens with zero attached hydrogens (tertiary/aromatic N) is 5. The first-order valence-electron chi connectivity index (χ1n) is 10.2. The van der Waals surface area contributed by atoms with E-state index in [2.05, 4.69) is 28.7 Å². The summed E-state index contributed by atoms with van der Waals surface area (Å²) >= 11 is 1.92. The molecule has 1 saturated heterocycles. The Bertz CT molecular complexity index is 798. The van der Waals surface area contributed by atoms with E-state index in [1.807, 2.05) is 22.7 Å². The molecular weight excluding hydrogens is 374 g/mol. The molecule has 1 atom stereocenters. The first-order chi connectivity index (χ1) is 13.7. The Morgan fingerprint density at radius 2 is 2.21 bits per heavy atom. The maximum atomic E-state index is 13.2. The van der Waals surface area contributed by atoms with Crippen LogP contribution in [0.5, 0.6) is 0 Å². The van der Waals surface area contributed by atoms with Crippen molar-refractivity contribution in [2.24, 2.45) is 0 Å². The maximum absolute atomic E-state index is 13.2. The maximum Gasteiger partial charge on any atom is 0.274 e. The van der Waals surface area contributed by atoms with Crippen LogP contribution in [0.2, 0.25) is 0 Å². The molecule has 2 aliphatic rings. The van der Waals surface area contributed by atoms with E-state index in [0.717, 1.165) is 69.1 Å². The minimum atomic E-state index is 0.117. The van der Waals surface area contributed by atoms with Gasteiger partial charge in [-0.2, -0.15) is 16.9 Å². The molecule has 152 valence electrons. The molecule has 1 unspecified atom stereocenters. The van der Waals surface area contributed by atoms with E-state index in [0.29, 0.717) is 11.7 Å². The molecule has 0 bridgehead atoms. The molecule has 1 aliphatic carbocycles. The van der Waals surface area contributed by atoms with Crippen LogP contribution in [0, 0.1) is 0 Å². The van der Waals surface area contributed by atoms with Gasteiger partial charge in [0, 0.05) is 61.1 Å². The SMILES string of the molecule is CCCn1nc(C(=O)N2CCSCC2)c2c1CCC(N(C)Cc1ccon1)C2. The number of rotatable bonds is 6. The van der Waals surface area contributed by atoms with Gasteiger partial charge in [0.2, 0.25) is 0 Å². The third-order valence-electron chi connectivity index (χ3n) is 5.78. The smallest absolute Gasteiger partial charge is 0.274 e. The van der Waals surface area contributed by atoms with E-state index in [-0.39, 0.29) is 5.91 Å². The molecule has 0 radical (unpaired) electrons. The van der Waals surface area contributed by atoms with Crippen LogP contribution in [-0.4, -0.2) is 68.3 Å². The molecule has 2 aromatic heterocycles. The van der Waals surface area contributed by atoms with Gasteiger partial charge in [0.05, 0.1) is 5.69 Å². The summed E-state index contributed by atoms with van der Waals surface area (Å²) in [5.74, 6) is 2.16. The van der Waals surface area contributed by atoms with Crippen LogP contribution in [0.25, 0.3) is 0 Å². The number of thioether (sulfide) groups is 1. The molecular formula is C20H29N5O2S. The second kappa shape index (κ2) is 8.69. The van der Waals surface area contributed by atoms with E-state index >= 15 is 0 Å². The summed E-state index contributed by atoms with van der Waals surface area (Å²) in [5, 5.41) is 8.83. The summed E-state index contributed by atoms with van der Waals surface area (Å²) < 4.78 is 7.06. The molecule has 1 aliphatic heterocycles. The molecule has 0 aromatic carbocycles. The lowest BCUT2D eigenvalue weighted by Crippen LogP contribution is -2.40. The molecule has 1 amide bonds. The molecule has 2 aromatic rings. The highest BCUT2D eigenvalue weighted by molar-refractivity contribution is 7.99. The number of hydrogen-bond donors (Lipinski definition) is 0. The Morgan fingerprint density at radius 3 is 2.93 bits per heavy atom. The Morgan fingerprint density at radius 1 is 1.39 bits per heavy atom. The van der Waals surface area contributed by atoms with Crippen LogP contribution >= 0.6 is 11.8 Å². The zero-order valence-electron chi connectivity index (χ0n) is 16.8. The third-order valence-corrected chi connectivity index (χ3v) is 6.73. The zero-order chi connectivity index (χ0) is 19.5. The number of fused-ring (bicyclic) bond motifs is 1. The number of amides is 1. The quantitative estimate of drug-likeness (QED) is 0.738. The number of aromatic nitrogens is 3. The highest BCUT2D eigenvalue weighted by atomic mass is 32.2. The fraction of sp³-hybridized carbons (Fsp3) is 0.650. The van der Waals surface area contributed by atoms with Crippen molar-refractivity contribution in [1.82, 2.24) is 24.7 Å². The van der Waals surface area contributed by atoms with Gasteiger partial charge in [-0.05, 0) is 32.7 Å². The molecule has 0 saturated carbocycles. The van der Waals surface area contributed by atoms with Gasteiger partial charge in [-0.3, -0.25) is 14.4 Å². The van der Waals surface area contributed by atoms with E-state index in [9.17, 15) is 4.79 Å². The van der Waals surface area contributed by atoms with Crippen molar-refractivity contribution in [3.05, 3.63) is 35.0 Å². The lowest BCUT2D eigenvalue weighted by Gasteiger charge is -2.31. The minimum absolute atomic E-state index is 0.117. The van der Waals surface area contributed by atoms with Gasteiger partial charge < -0.3 is 9.42 Å². The molecule has 8 heteroatoms. The first kappa shape index (κ1) is 19.5. The molecule has 0 N–H and O–H groups in total. The van der Waals surface area contributed by atoms with E-state index in [4.69, 9.17) is 9.62 Å². The summed E-state index contributed by atoms with van der Waals surface area (Å²) in [7, 11) is 2.13. The monoisotopic (exact) mass is 403 g/mol. The lowest BCUT2D eigenvalue weighted by molar-refractivity contribution is 0.0763. The summed E-state index contributed by atoms with van der Waals surface area (Å²) in [6, 6.07) is 2.29. The second-order valence-electron chi connectivity index (χ2n) is 7.70. The molecule has 1 fully saturated rings. The average molecular weight is 404 g/mol.